The maximum Gasteiger partial charge on any atom is 0.169 e. The standard InChI is InChI=1S/C20H19N3O2/c1-2-10-21-20-19-16(23(22-20)15-7-4-3-5-8-15)12-14(13-17(19)24)18-9-6-11-25-18/h2-9,11,14H,1,10,12-13H2,(H,21,22). The van der Waals surface area contributed by atoms with Gasteiger partial charge in [0.05, 0.1) is 23.2 Å². The normalized spacial score (nSPS) is 16.5. The van der Waals surface area contributed by atoms with Gasteiger partial charge in [-0.25, -0.2) is 4.68 Å². The molecule has 1 N–H and O–H groups in total. The molecular formula is C20H19N3O2. The molecule has 0 bridgehead atoms. The Morgan fingerprint density at radius 1 is 1.24 bits per heavy atom. The van der Waals surface area contributed by atoms with Gasteiger partial charge in [0.2, 0.25) is 0 Å². The Balaban J connectivity index is 1.81. The molecule has 25 heavy (non-hydrogen) atoms. The predicted octanol–water partition coefficient (Wildman–Crippen LogP) is 3.98. The van der Waals surface area contributed by atoms with Crippen molar-refractivity contribution in [3.8, 4) is 5.69 Å². The van der Waals surface area contributed by atoms with Gasteiger partial charge < -0.3 is 9.73 Å². The molecule has 5 nitrogen and oxygen atoms in total. The number of Topliss-reactive ketones (excluding diaryl/α,β-unsaturated/α-hetero) is 1. The molecule has 2 heterocycles. The molecule has 1 unspecified atom stereocenters. The van der Waals surface area contributed by atoms with Crippen LogP contribution in [0.3, 0.4) is 0 Å². The average molecular weight is 333 g/mol. The molecule has 0 saturated carbocycles. The van der Waals surface area contributed by atoms with E-state index in [1.54, 1.807) is 12.3 Å². The van der Waals surface area contributed by atoms with Gasteiger partial charge in [-0.15, -0.1) is 11.7 Å². The third-order valence-electron chi connectivity index (χ3n) is 4.49. The van der Waals surface area contributed by atoms with Gasteiger partial charge in [-0.2, -0.15) is 0 Å². The Labute approximate surface area is 146 Å². The van der Waals surface area contributed by atoms with Crippen molar-refractivity contribution >= 4 is 11.6 Å². The van der Waals surface area contributed by atoms with E-state index in [0.29, 0.717) is 30.8 Å². The largest absolute Gasteiger partial charge is 0.469 e. The van der Waals surface area contributed by atoms with Crippen LogP contribution in [-0.4, -0.2) is 22.1 Å². The fourth-order valence-electron chi connectivity index (χ4n) is 3.37. The highest BCUT2D eigenvalue weighted by Crippen LogP contribution is 2.37. The van der Waals surface area contributed by atoms with Crippen molar-refractivity contribution in [3.05, 3.63) is 78.4 Å². The van der Waals surface area contributed by atoms with E-state index >= 15 is 0 Å². The smallest absolute Gasteiger partial charge is 0.169 e. The number of fused-ring (bicyclic) bond motifs is 1. The number of furan rings is 1. The minimum atomic E-state index is 0.0430. The van der Waals surface area contributed by atoms with Gasteiger partial charge >= 0.3 is 0 Å². The van der Waals surface area contributed by atoms with Crippen molar-refractivity contribution in [1.82, 2.24) is 9.78 Å². The van der Waals surface area contributed by atoms with E-state index in [2.05, 4.69) is 17.0 Å². The summed E-state index contributed by atoms with van der Waals surface area (Å²) in [6.45, 7) is 4.29. The zero-order valence-corrected chi connectivity index (χ0v) is 13.8. The molecule has 126 valence electrons. The van der Waals surface area contributed by atoms with Gasteiger partial charge in [0.25, 0.3) is 0 Å². The molecule has 1 atom stereocenters. The number of carbonyl (C=O) groups excluding carboxylic acids is 1. The number of anilines is 1. The summed E-state index contributed by atoms with van der Waals surface area (Å²) in [5, 5.41) is 7.87. The fraction of sp³-hybridized carbons (Fsp3) is 0.200. The third kappa shape index (κ3) is 2.78. The van der Waals surface area contributed by atoms with Crippen LogP contribution < -0.4 is 5.32 Å². The van der Waals surface area contributed by atoms with Crippen LogP contribution in [0.2, 0.25) is 0 Å². The van der Waals surface area contributed by atoms with Crippen molar-refractivity contribution in [1.29, 1.82) is 0 Å². The first kappa shape index (κ1) is 15.4. The highest BCUT2D eigenvalue weighted by molar-refractivity contribution is 6.03. The second kappa shape index (κ2) is 6.43. The van der Waals surface area contributed by atoms with Crippen molar-refractivity contribution in [2.45, 2.75) is 18.8 Å². The number of hydrogen-bond acceptors (Lipinski definition) is 4. The van der Waals surface area contributed by atoms with Crippen LogP contribution in [0.25, 0.3) is 5.69 Å². The highest BCUT2D eigenvalue weighted by Gasteiger charge is 2.34. The first-order valence-corrected chi connectivity index (χ1v) is 8.36. The Morgan fingerprint density at radius 3 is 2.80 bits per heavy atom. The lowest BCUT2D eigenvalue weighted by molar-refractivity contribution is 0.0960. The molecule has 0 radical (unpaired) electrons. The van der Waals surface area contributed by atoms with Crippen molar-refractivity contribution < 1.29 is 9.21 Å². The highest BCUT2D eigenvalue weighted by atomic mass is 16.3. The van der Waals surface area contributed by atoms with Crippen LogP contribution in [-0.2, 0) is 6.42 Å². The minimum Gasteiger partial charge on any atom is -0.469 e. The van der Waals surface area contributed by atoms with E-state index in [1.165, 1.54) is 0 Å². The Kier molecular flexibility index (Phi) is 3.98. The van der Waals surface area contributed by atoms with Gasteiger partial charge in [0, 0.05) is 25.3 Å². The minimum absolute atomic E-state index is 0.0430. The summed E-state index contributed by atoms with van der Waals surface area (Å²) in [5.41, 5.74) is 2.56. The molecule has 0 aliphatic heterocycles. The SMILES string of the molecule is C=CCNc1nn(-c2ccccc2)c2c1C(=O)CC(c1ccco1)C2. The number of para-hydroxylation sites is 1. The maximum absolute atomic E-state index is 12.9. The number of rotatable bonds is 5. The molecule has 1 aromatic carbocycles. The average Bonchev–Trinajstić information content (AvgIpc) is 3.29. The van der Waals surface area contributed by atoms with E-state index in [4.69, 9.17) is 4.42 Å². The van der Waals surface area contributed by atoms with E-state index in [1.807, 2.05) is 47.1 Å². The van der Waals surface area contributed by atoms with Gasteiger partial charge in [-0.05, 0) is 24.3 Å². The topological polar surface area (TPSA) is 60.1 Å². The summed E-state index contributed by atoms with van der Waals surface area (Å²) in [6.07, 6.45) is 4.56. The van der Waals surface area contributed by atoms with Gasteiger partial charge in [-0.1, -0.05) is 24.3 Å². The molecule has 0 spiro atoms. The summed E-state index contributed by atoms with van der Waals surface area (Å²) in [5.74, 6) is 1.61. The third-order valence-corrected chi connectivity index (χ3v) is 4.49. The quantitative estimate of drug-likeness (QED) is 0.718. The van der Waals surface area contributed by atoms with Crippen molar-refractivity contribution in [2.24, 2.45) is 0 Å². The number of aromatic nitrogens is 2. The second-order valence-electron chi connectivity index (χ2n) is 6.13. The molecule has 2 aromatic heterocycles. The molecule has 1 aliphatic carbocycles. The molecule has 1 aliphatic rings. The van der Waals surface area contributed by atoms with E-state index in [0.717, 1.165) is 17.1 Å². The summed E-state index contributed by atoms with van der Waals surface area (Å²) < 4.78 is 7.41. The lowest BCUT2D eigenvalue weighted by Gasteiger charge is -2.21. The monoisotopic (exact) mass is 333 g/mol. The predicted molar refractivity (Wildman–Crippen MR) is 96.4 cm³/mol. The van der Waals surface area contributed by atoms with Crippen LogP contribution >= 0.6 is 0 Å². The molecular weight excluding hydrogens is 314 g/mol. The van der Waals surface area contributed by atoms with Gasteiger partial charge in [0.15, 0.2) is 11.6 Å². The summed E-state index contributed by atoms with van der Waals surface area (Å²) >= 11 is 0. The maximum atomic E-state index is 12.9. The summed E-state index contributed by atoms with van der Waals surface area (Å²) in [4.78, 5) is 12.9. The summed E-state index contributed by atoms with van der Waals surface area (Å²) in [6, 6.07) is 13.7. The number of hydrogen-bond donors (Lipinski definition) is 1. The first-order valence-electron chi connectivity index (χ1n) is 8.36. The Morgan fingerprint density at radius 2 is 2.08 bits per heavy atom. The number of nitrogens with zero attached hydrogens (tertiary/aromatic N) is 2. The van der Waals surface area contributed by atoms with Gasteiger partial charge in [-0.3, -0.25) is 4.79 Å². The second-order valence-corrected chi connectivity index (χ2v) is 6.13. The summed E-state index contributed by atoms with van der Waals surface area (Å²) in [7, 11) is 0. The zero-order chi connectivity index (χ0) is 17.2. The zero-order valence-electron chi connectivity index (χ0n) is 13.8. The van der Waals surface area contributed by atoms with Crippen molar-refractivity contribution in [2.75, 3.05) is 11.9 Å². The number of nitrogens with one attached hydrogen (secondary N) is 1. The van der Waals surface area contributed by atoms with Crippen LogP contribution in [0, 0.1) is 0 Å². The van der Waals surface area contributed by atoms with Crippen LogP contribution in [0.1, 0.15) is 34.2 Å². The van der Waals surface area contributed by atoms with Crippen LogP contribution in [0.4, 0.5) is 5.82 Å². The lowest BCUT2D eigenvalue weighted by Crippen LogP contribution is -2.20. The van der Waals surface area contributed by atoms with E-state index in [9.17, 15) is 4.79 Å². The first-order chi connectivity index (χ1) is 12.3. The molecule has 4 rings (SSSR count). The van der Waals surface area contributed by atoms with E-state index in [-0.39, 0.29) is 11.7 Å². The Hall–Kier alpha value is -3.08. The number of ketones is 1. The molecule has 0 saturated heterocycles. The molecule has 0 fully saturated rings. The lowest BCUT2D eigenvalue weighted by atomic mass is 9.85. The Bertz CT molecular complexity index is 895. The molecule has 0 amide bonds. The molecule has 5 heteroatoms. The fourth-order valence-corrected chi connectivity index (χ4v) is 3.37. The van der Waals surface area contributed by atoms with Crippen LogP contribution in [0.15, 0.2) is 65.8 Å². The van der Waals surface area contributed by atoms with E-state index < -0.39 is 0 Å². The van der Waals surface area contributed by atoms with Crippen molar-refractivity contribution in [3.63, 3.8) is 0 Å². The van der Waals surface area contributed by atoms with Gasteiger partial charge in [0.1, 0.15) is 5.76 Å². The number of benzene rings is 1. The van der Waals surface area contributed by atoms with Crippen LogP contribution in [0.5, 0.6) is 0 Å². The number of carbonyl (C=O) groups is 1. The molecule has 3 aromatic rings.